The van der Waals surface area contributed by atoms with E-state index in [0.29, 0.717) is 0 Å². The molecule has 0 N–H and O–H groups in total. The number of hydrogen-bond donors (Lipinski definition) is 0. The Morgan fingerprint density at radius 3 is 2.58 bits per heavy atom. The standard InChI is InChI=1S/C13H12F2O4/c1-3-19-7-8(6-16)12(17)9-4-5-10(14)13(18-2)11(9)15/h4-7H,3H2,1-2H3. The number of hydrogen-bond acceptors (Lipinski definition) is 4. The molecule has 0 aliphatic rings. The SMILES string of the molecule is CCOC=C(C=O)C(=O)c1ccc(F)c(OC)c1F. The Labute approximate surface area is 108 Å². The number of carbonyl (C=O) groups excluding carboxylic acids is 2. The number of methoxy groups -OCH3 is 1. The lowest BCUT2D eigenvalue weighted by atomic mass is 10.0. The zero-order chi connectivity index (χ0) is 14.4. The zero-order valence-electron chi connectivity index (χ0n) is 10.4. The van der Waals surface area contributed by atoms with Crippen LogP contribution in [0.5, 0.6) is 5.75 Å². The molecule has 0 aromatic heterocycles. The van der Waals surface area contributed by atoms with E-state index in [9.17, 15) is 18.4 Å². The minimum atomic E-state index is -1.16. The molecule has 1 rings (SSSR count). The molecule has 102 valence electrons. The predicted octanol–water partition coefficient (Wildman–Crippen LogP) is 2.28. The van der Waals surface area contributed by atoms with E-state index in [0.717, 1.165) is 25.5 Å². The molecule has 1 aromatic rings. The number of allylic oxidation sites excluding steroid dienone is 1. The van der Waals surface area contributed by atoms with Gasteiger partial charge < -0.3 is 9.47 Å². The maximum Gasteiger partial charge on any atom is 0.202 e. The second kappa shape index (κ2) is 6.63. The summed E-state index contributed by atoms with van der Waals surface area (Å²) in [6.45, 7) is 1.91. The van der Waals surface area contributed by atoms with Gasteiger partial charge in [-0.25, -0.2) is 8.78 Å². The van der Waals surface area contributed by atoms with Crippen molar-refractivity contribution in [1.82, 2.24) is 0 Å². The lowest BCUT2D eigenvalue weighted by molar-refractivity contribution is -0.104. The number of rotatable bonds is 6. The Bertz CT molecular complexity index is 524. The molecule has 0 radical (unpaired) electrons. The van der Waals surface area contributed by atoms with Crippen molar-refractivity contribution in [1.29, 1.82) is 0 Å². The summed E-state index contributed by atoms with van der Waals surface area (Å²) in [5.74, 6) is -3.67. The largest absolute Gasteiger partial charge is 0.501 e. The summed E-state index contributed by atoms with van der Waals surface area (Å²) in [5, 5.41) is 0. The van der Waals surface area contributed by atoms with Gasteiger partial charge in [0.2, 0.25) is 5.78 Å². The fraction of sp³-hybridized carbons (Fsp3) is 0.231. The first-order valence-electron chi connectivity index (χ1n) is 5.40. The van der Waals surface area contributed by atoms with Gasteiger partial charge in [0.15, 0.2) is 23.7 Å². The highest BCUT2D eigenvalue weighted by molar-refractivity contribution is 6.20. The van der Waals surface area contributed by atoms with Crippen molar-refractivity contribution in [2.24, 2.45) is 0 Å². The quantitative estimate of drug-likeness (QED) is 0.199. The summed E-state index contributed by atoms with van der Waals surface area (Å²) < 4.78 is 36.4. The van der Waals surface area contributed by atoms with E-state index in [4.69, 9.17) is 4.74 Å². The van der Waals surface area contributed by atoms with E-state index < -0.39 is 28.7 Å². The van der Waals surface area contributed by atoms with Gasteiger partial charge in [-0.15, -0.1) is 0 Å². The van der Waals surface area contributed by atoms with Crippen molar-refractivity contribution in [3.05, 3.63) is 41.2 Å². The lowest BCUT2D eigenvalue weighted by Crippen LogP contribution is -2.09. The van der Waals surface area contributed by atoms with Crippen LogP contribution in [-0.4, -0.2) is 25.8 Å². The molecule has 0 aliphatic heterocycles. The Hall–Kier alpha value is -2.24. The Kier molecular flexibility index (Phi) is 5.17. The number of carbonyl (C=O) groups is 2. The molecule has 4 nitrogen and oxygen atoms in total. The molecule has 0 spiro atoms. The van der Waals surface area contributed by atoms with Crippen LogP contribution in [0.2, 0.25) is 0 Å². The van der Waals surface area contributed by atoms with E-state index in [1.165, 1.54) is 0 Å². The smallest absolute Gasteiger partial charge is 0.202 e. The molecule has 0 amide bonds. The van der Waals surface area contributed by atoms with Gasteiger partial charge in [-0.1, -0.05) is 0 Å². The van der Waals surface area contributed by atoms with Crippen LogP contribution in [0.25, 0.3) is 0 Å². The van der Waals surface area contributed by atoms with Crippen LogP contribution in [0.4, 0.5) is 8.78 Å². The number of ketones is 1. The average Bonchev–Trinajstić information content (AvgIpc) is 2.40. The van der Waals surface area contributed by atoms with Gasteiger partial charge in [-0.3, -0.25) is 9.59 Å². The molecule has 0 bridgehead atoms. The molecule has 0 fully saturated rings. The van der Waals surface area contributed by atoms with Gasteiger partial charge in [0.25, 0.3) is 0 Å². The van der Waals surface area contributed by atoms with Crippen molar-refractivity contribution in [2.45, 2.75) is 6.92 Å². The third-order valence-electron chi connectivity index (χ3n) is 2.26. The molecule has 19 heavy (non-hydrogen) atoms. The van der Waals surface area contributed by atoms with Gasteiger partial charge in [-0.05, 0) is 19.1 Å². The van der Waals surface area contributed by atoms with Gasteiger partial charge in [0, 0.05) is 0 Å². The van der Waals surface area contributed by atoms with Crippen LogP contribution in [0.15, 0.2) is 24.0 Å². The van der Waals surface area contributed by atoms with Crippen LogP contribution in [0.1, 0.15) is 17.3 Å². The summed E-state index contributed by atoms with van der Waals surface area (Å²) in [4.78, 5) is 22.6. The summed E-state index contributed by atoms with van der Waals surface area (Å²) in [5.41, 5.74) is -0.828. The molecule has 0 saturated carbocycles. The lowest BCUT2D eigenvalue weighted by Gasteiger charge is -2.07. The fourth-order valence-electron chi connectivity index (χ4n) is 1.36. The van der Waals surface area contributed by atoms with Crippen molar-refractivity contribution >= 4 is 12.1 Å². The van der Waals surface area contributed by atoms with Crippen LogP contribution in [0, 0.1) is 11.6 Å². The van der Waals surface area contributed by atoms with Crippen LogP contribution >= 0.6 is 0 Å². The van der Waals surface area contributed by atoms with Crippen molar-refractivity contribution < 1.29 is 27.8 Å². The molecule has 0 saturated heterocycles. The Balaban J connectivity index is 3.23. The van der Waals surface area contributed by atoms with E-state index >= 15 is 0 Å². The number of ether oxygens (including phenoxy) is 2. The predicted molar refractivity (Wildman–Crippen MR) is 63.0 cm³/mol. The molecule has 1 aromatic carbocycles. The number of aldehydes is 1. The maximum absolute atomic E-state index is 13.8. The van der Waals surface area contributed by atoms with Gasteiger partial charge in [-0.2, -0.15) is 0 Å². The van der Waals surface area contributed by atoms with E-state index in [1.54, 1.807) is 6.92 Å². The number of halogens is 2. The molecular formula is C13H12F2O4. The first-order valence-corrected chi connectivity index (χ1v) is 5.40. The van der Waals surface area contributed by atoms with E-state index in [-0.39, 0.29) is 18.5 Å². The average molecular weight is 270 g/mol. The van der Waals surface area contributed by atoms with E-state index in [2.05, 4.69) is 4.74 Å². The van der Waals surface area contributed by atoms with Crippen LogP contribution in [0.3, 0.4) is 0 Å². The van der Waals surface area contributed by atoms with Crippen molar-refractivity contribution in [3.8, 4) is 5.75 Å². The zero-order valence-corrected chi connectivity index (χ0v) is 10.4. The summed E-state index contributed by atoms with van der Waals surface area (Å²) in [6, 6.07) is 1.83. The molecule has 0 unspecified atom stereocenters. The second-order valence-electron chi connectivity index (χ2n) is 3.42. The maximum atomic E-state index is 13.8. The summed E-state index contributed by atoms with van der Waals surface area (Å²) >= 11 is 0. The summed E-state index contributed by atoms with van der Waals surface area (Å²) in [7, 11) is 1.08. The minimum absolute atomic E-state index is 0.243. The highest BCUT2D eigenvalue weighted by Crippen LogP contribution is 2.25. The molecule has 0 aliphatic carbocycles. The number of benzene rings is 1. The molecule has 0 atom stereocenters. The van der Waals surface area contributed by atoms with Crippen LogP contribution in [-0.2, 0) is 9.53 Å². The molecule has 0 heterocycles. The Morgan fingerprint density at radius 2 is 2.05 bits per heavy atom. The number of Topliss-reactive ketones (excluding diaryl/α,β-unsaturated/α-hetero) is 1. The highest BCUT2D eigenvalue weighted by atomic mass is 19.1. The third-order valence-corrected chi connectivity index (χ3v) is 2.26. The first kappa shape index (κ1) is 14.8. The van der Waals surface area contributed by atoms with Gasteiger partial charge >= 0.3 is 0 Å². The van der Waals surface area contributed by atoms with Crippen molar-refractivity contribution in [2.75, 3.05) is 13.7 Å². The molecule has 6 heteroatoms. The first-order chi connectivity index (χ1) is 9.06. The topological polar surface area (TPSA) is 52.6 Å². The third kappa shape index (κ3) is 3.15. The highest BCUT2D eigenvalue weighted by Gasteiger charge is 2.22. The fourth-order valence-corrected chi connectivity index (χ4v) is 1.36. The second-order valence-corrected chi connectivity index (χ2v) is 3.42. The minimum Gasteiger partial charge on any atom is -0.501 e. The normalized spacial score (nSPS) is 11.1. The monoisotopic (exact) mass is 270 g/mol. The summed E-state index contributed by atoms with van der Waals surface area (Å²) in [6.07, 6.45) is 1.18. The Morgan fingerprint density at radius 1 is 1.37 bits per heavy atom. The van der Waals surface area contributed by atoms with Gasteiger partial charge in [0.05, 0.1) is 31.1 Å². The van der Waals surface area contributed by atoms with Crippen LogP contribution < -0.4 is 4.74 Å². The van der Waals surface area contributed by atoms with E-state index in [1.807, 2.05) is 0 Å². The van der Waals surface area contributed by atoms with Crippen molar-refractivity contribution in [3.63, 3.8) is 0 Å². The molecular weight excluding hydrogens is 258 g/mol. The van der Waals surface area contributed by atoms with Gasteiger partial charge in [0.1, 0.15) is 0 Å².